The number of halogens is 1. The normalized spacial score (nSPS) is 22.6. The third-order valence-electron chi connectivity index (χ3n) is 3.09. The molecule has 7 heteroatoms. The molecule has 0 N–H and O–H groups in total. The Labute approximate surface area is 121 Å². The highest BCUT2D eigenvalue weighted by Gasteiger charge is 2.30. The summed E-state index contributed by atoms with van der Waals surface area (Å²) in [5.41, 5.74) is -0.213. The standard InChI is InChI=1S/C13H15ClN2O4/c1-8-6-15(7-9(2)20-8)13(17)11-4-3-10(14)5-12(11)16(18)19/h3-5,8-9H,6-7H2,1-2H3/t8-,9-/m0/s1. The highest BCUT2D eigenvalue weighted by molar-refractivity contribution is 6.31. The van der Waals surface area contributed by atoms with Gasteiger partial charge in [0.15, 0.2) is 0 Å². The molecule has 1 saturated heterocycles. The zero-order valence-corrected chi connectivity index (χ0v) is 12.0. The van der Waals surface area contributed by atoms with Crippen molar-refractivity contribution in [2.75, 3.05) is 13.1 Å². The van der Waals surface area contributed by atoms with Crippen LogP contribution in [0.25, 0.3) is 0 Å². The lowest BCUT2D eigenvalue weighted by Crippen LogP contribution is -2.48. The van der Waals surface area contributed by atoms with Crippen LogP contribution in [0.2, 0.25) is 5.02 Å². The van der Waals surface area contributed by atoms with E-state index in [0.29, 0.717) is 13.1 Å². The molecule has 0 saturated carbocycles. The van der Waals surface area contributed by atoms with Crippen molar-refractivity contribution in [1.29, 1.82) is 0 Å². The second-order valence-corrected chi connectivity index (χ2v) is 5.32. The van der Waals surface area contributed by atoms with E-state index in [2.05, 4.69) is 0 Å². The average molecular weight is 299 g/mol. The Morgan fingerprint density at radius 3 is 2.55 bits per heavy atom. The minimum absolute atomic E-state index is 0.0562. The highest BCUT2D eigenvalue weighted by Crippen LogP contribution is 2.25. The number of hydrogen-bond donors (Lipinski definition) is 0. The second-order valence-electron chi connectivity index (χ2n) is 4.89. The van der Waals surface area contributed by atoms with Gasteiger partial charge < -0.3 is 9.64 Å². The van der Waals surface area contributed by atoms with Gasteiger partial charge in [0.25, 0.3) is 11.6 Å². The molecule has 0 bridgehead atoms. The lowest BCUT2D eigenvalue weighted by molar-refractivity contribution is -0.385. The van der Waals surface area contributed by atoms with Crippen LogP contribution in [0.5, 0.6) is 0 Å². The van der Waals surface area contributed by atoms with Crippen LogP contribution >= 0.6 is 11.6 Å². The fourth-order valence-electron chi connectivity index (χ4n) is 2.35. The van der Waals surface area contributed by atoms with E-state index in [9.17, 15) is 14.9 Å². The van der Waals surface area contributed by atoms with Gasteiger partial charge in [-0.25, -0.2) is 0 Å². The summed E-state index contributed by atoms with van der Waals surface area (Å²) in [6.45, 7) is 4.57. The number of nitro benzene ring substituents is 1. The van der Waals surface area contributed by atoms with Gasteiger partial charge >= 0.3 is 0 Å². The molecule has 1 fully saturated rings. The monoisotopic (exact) mass is 298 g/mol. The second kappa shape index (κ2) is 5.76. The van der Waals surface area contributed by atoms with Gasteiger partial charge in [-0.2, -0.15) is 0 Å². The van der Waals surface area contributed by atoms with E-state index in [0.717, 1.165) is 0 Å². The summed E-state index contributed by atoms with van der Waals surface area (Å²) in [4.78, 5) is 24.5. The third kappa shape index (κ3) is 3.08. The zero-order valence-electron chi connectivity index (χ0n) is 11.2. The Balaban J connectivity index is 2.31. The van der Waals surface area contributed by atoms with Crippen molar-refractivity contribution in [2.24, 2.45) is 0 Å². The minimum Gasteiger partial charge on any atom is -0.372 e. The summed E-state index contributed by atoms with van der Waals surface area (Å²) in [7, 11) is 0. The molecular weight excluding hydrogens is 284 g/mol. The molecule has 2 rings (SSSR count). The molecule has 0 aliphatic carbocycles. The smallest absolute Gasteiger partial charge is 0.283 e. The minimum atomic E-state index is -0.591. The van der Waals surface area contributed by atoms with Crippen molar-refractivity contribution in [1.82, 2.24) is 4.90 Å². The van der Waals surface area contributed by atoms with E-state index < -0.39 is 4.92 Å². The topological polar surface area (TPSA) is 72.7 Å². The first-order valence-corrected chi connectivity index (χ1v) is 6.65. The summed E-state index contributed by atoms with van der Waals surface area (Å²) in [5, 5.41) is 11.3. The van der Waals surface area contributed by atoms with Crippen LogP contribution in [0.4, 0.5) is 5.69 Å². The summed E-state index contributed by atoms with van der Waals surface area (Å²) < 4.78 is 5.55. The Morgan fingerprint density at radius 1 is 1.40 bits per heavy atom. The third-order valence-corrected chi connectivity index (χ3v) is 3.33. The van der Waals surface area contributed by atoms with Gasteiger partial charge in [0.05, 0.1) is 17.1 Å². The predicted octanol–water partition coefficient (Wildman–Crippen LogP) is 2.50. The fraction of sp³-hybridized carbons (Fsp3) is 0.462. The van der Waals surface area contributed by atoms with Gasteiger partial charge in [-0.05, 0) is 26.0 Å². The number of nitrogens with zero attached hydrogens (tertiary/aromatic N) is 2. The van der Waals surface area contributed by atoms with Crippen LogP contribution in [0.3, 0.4) is 0 Å². The Morgan fingerprint density at radius 2 is 2.00 bits per heavy atom. The van der Waals surface area contributed by atoms with Crippen LogP contribution in [0.1, 0.15) is 24.2 Å². The van der Waals surface area contributed by atoms with Crippen LogP contribution in [-0.4, -0.2) is 41.0 Å². The van der Waals surface area contributed by atoms with Crippen molar-refractivity contribution in [3.63, 3.8) is 0 Å². The molecule has 1 heterocycles. The van der Waals surface area contributed by atoms with E-state index in [1.54, 1.807) is 4.90 Å². The molecule has 1 aromatic carbocycles. The summed E-state index contributed by atoms with van der Waals surface area (Å²) in [5.74, 6) is -0.365. The van der Waals surface area contributed by atoms with Crippen LogP contribution < -0.4 is 0 Å². The summed E-state index contributed by atoms with van der Waals surface area (Å²) in [6, 6.07) is 4.07. The SMILES string of the molecule is C[C@H]1CN(C(=O)c2ccc(Cl)cc2[N+](=O)[O-])C[C@H](C)O1. The molecule has 0 aromatic heterocycles. The van der Waals surface area contributed by atoms with Gasteiger partial charge in [0, 0.05) is 24.2 Å². The average Bonchev–Trinajstić information content (AvgIpc) is 2.36. The van der Waals surface area contributed by atoms with Gasteiger partial charge in [-0.1, -0.05) is 11.6 Å². The number of amides is 1. The summed E-state index contributed by atoms with van der Waals surface area (Å²) in [6.07, 6.45) is -0.178. The number of rotatable bonds is 2. The van der Waals surface area contributed by atoms with Crippen molar-refractivity contribution in [3.05, 3.63) is 38.9 Å². The maximum atomic E-state index is 12.5. The lowest BCUT2D eigenvalue weighted by atomic mass is 10.1. The molecule has 20 heavy (non-hydrogen) atoms. The molecule has 6 nitrogen and oxygen atoms in total. The first-order valence-electron chi connectivity index (χ1n) is 6.27. The molecule has 108 valence electrons. The van der Waals surface area contributed by atoms with E-state index >= 15 is 0 Å². The molecule has 1 amide bonds. The quantitative estimate of drug-likeness (QED) is 0.621. The number of benzene rings is 1. The van der Waals surface area contributed by atoms with Crippen molar-refractivity contribution < 1.29 is 14.5 Å². The van der Waals surface area contributed by atoms with Crippen LogP contribution in [-0.2, 0) is 4.74 Å². The fourth-order valence-corrected chi connectivity index (χ4v) is 2.52. The first-order chi connectivity index (χ1) is 9.38. The molecular formula is C13H15ClN2O4. The van der Waals surface area contributed by atoms with Crippen LogP contribution in [0.15, 0.2) is 18.2 Å². The van der Waals surface area contributed by atoms with Crippen molar-refractivity contribution >= 4 is 23.2 Å². The Bertz CT molecular complexity index is 539. The molecule has 1 aliphatic heterocycles. The summed E-state index contributed by atoms with van der Waals surface area (Å²) >= 11 is 5.75. The predicted molar refractivity (Wildman–Crippen MR) is 74.0 cm³/mol. The number of carbonyl (C=O) groups excluding carboxylic acids is 1. The molecule has 1 aliphatic rings. The van der Waals surface area contributed by atoms with E-state index in [-0.39, 0.29) is 34.4 Å². The lowest BCUT2D eigenvalue weighted by Gasteiger charge is -2.35. The number of ether oxygens (including phenoxy) is 1. The maximum absolute atomic E-state index is 12.5. The van der Waals surface area contributed by atoms with Gasteiger partial charge in [0.1, 0.15) is 5.56 Å². The number of nitro groups is 1. The largest absolute Gasteiger partial charge is 0.372 e. The molecule has 2 atom stereocenters. The molecule has 0 unspecified atom stereocenters. The Kier molecular flexibility index (Phi) is 4.25. The molecule has 1 aromatic rings. The number of hydrogen-bond acceptors (Lipinski definition) is 4. The van der Waals surface area contributed by atoms with Gasteiger partial charge in [-0.3, -0.25) is 14.9 Å². The van der Waals surface area contributed by atoms with E-state index in [4.69, 9.17) is 16.3 Å². The maximum Gasteiger partial charge on any atom is 0.283 e. The van der Waals surface area contributed by atoms with Crippen molar-refractivity contribution in [2.45, 2.75) is 26.1 Å². The molecule has 0 radical (unpaired) electrons. The van der Waals surface area contributed by atoms with E-state index in [1.165, 1.54) is 18.2 Å². The zero-order chi connectivity index (χ0) is 14.9. The number of carbonyl (C=O) groups is 1. The first kappa shape index (κ1) is 14.7. The van der Waals surface area contributed by atoms with Crippen molar-refractivity contribution in [3.8, 4) is 0 Å². The van der Waals surface area contributed by atoms with Gasteiger partial charge in [-0.15, -0.1) is 0 Å². The van der Waals surface area contributed by atoms with Crippen LogP contribution in [0, 0.1) is 10.1 Å². The van der Waals surface area contributed by atoms with Gasteiger partial charge in [0.2, 0.25) is 0 Å². The number of morpholine rings is 1. The van der Waals surface area contributed by atoms with E-state index in [1.807, 2.05) is 13.8 Å². The Hall–Kier alpha value is -1.66. The highest BCUT2D eigenvalue weighted by atomic mass is 35.5. The molecule has 0 spiro atoms.